The first kappa shape index (κ1) is 13.2. The van der Waals surface area contributed by atoms with E-state index in [1.54, 1.807) is 36.4 Å². The van der Waals surface area contributed by atoms with Crippen molar-refractivity contribution in [3.05, 3.63) is 63.1 Å². The van der Waals surface area contributed by atoms with Gasteiger partial charge in [0.1, 0.15) is 0 Å². The van der Waals surface area contributed by atoms with Gasteiger partial charge in [0.2, 0.25) is 0 Å². The van der Waals surface area contributed by atoms with Gasteiger partial charge < -0.3 is 5.32 Å². The Morgan fingerprint density at radius 2 is 1.67 bits per heavy atom. The number of anilines is 1. The molecule has 0 aliphatic heterocycles. The van der Waals surface area contributed by atoms with Crippen LogP contribution >= 0.6 is 34.8 Å². The van der Waals surface area contributed by atoms with Crippen molar-refractivity contribution in [3.8, 4) is 0 Å². The van der Waals surface area contributed by atoms with Gasteiger partial charge in [-0.3, -0.25) is 4.79 Å². The van der Waals surface area contributed by atoms with Gasteiger partial charge in [0.05, 0.1) is 21.3 Å². The van der Waals surface area contributed by atoms with Crippen molar-refractivity contribution in [2.75, 3.05) is 5.32 Å². The molecule has 0 atom stereocenters. The van der Waals surface area contributed by atoms with Crippen molar-refractivity contribution in [2.45, 2.75) is 0 Å². The summed E-state index contributed by atoms with van der Waals surface area (Å²) in [5, 5.41) is 3.93. The number of nitrogens with one attached hydrogen (secondary N) is 1. The zero-order chi connectivity index (χ0) is 13.1. The number of para-hydroxylation sites is 1. The van der Waals surface area contributed by atoms with Crippen LogP contribution in [0, 0.1) is 0 Å². The molecule has 0 aliphatic rings. The minimum Gasteiger partial charge on any atom is -0.321 e. The molecule has 0 unspecified atom stereocenters. The largest absolute Gasteiger partial charge is 0.321 e. The monoisotopic (exact) mass is 299 g/mol. The molecule has 0 aromatic heterocycles. The van der Waals surface area contributed by atoms with Gasteiger partial charge in [-0.2, -0.15) is 0 Å². The molecule has 0 spiro atoms. The zero-order valence-corrected chi connectivity index (χ0v) is 11.4. The van der Waals surface area contributed by atoms with E-state index in [1.807, 2.05) is 0 Å². The average Bonchev–Trinajstić information content (AvgIpc) is 2.35. The Balaban J connectivity index is 2.28. The fourth-order valence-electron chi connectivity index (χ4n) is 1.42. The summed E-state index contributed by atoms with van der Waals surface area (Å²) < 4.78 is 0. The van der Waals surface area contributed by atoms with Crippen molar-refractivity contribution in [3.63, 3.8) is 0 Å². The van der Waals surface area contributed by atoms with Crippen molar-refractivity contribution in [1.29, 1.82) is 0 Å². The van der Waals surface area contributed by atoms with E-state index >= 15 is 0 Å². The third kappa shape index (κ3) is 2.96. The molecule has 2 rings (SSSR count). The first-order valence-corrected chi connectivity index (χ1v) is 6.22. The van der Waals surface area contributed by atoms with Crippen LogP contribution in [0.1, 0.15) is 10.4 Å². The molecule has 5 heteroatoms. The fourth-order valence-corrected chi connectivity index (χ4v) is 1.98. The first-order valence-electron chi connectivity index (χ1n) is 5.09. The fraction of sp³-hybridized carbons (Fsp3) is 0. The van der Waals surface area contributed by atoms with E-state index in [2.05, 4.69) is 5.32 Å². The Labute approximate surface area is 119 Å². The second-order valence-electron chi connectivity index (χ2n) is 3.56. The van der Waals surface area contributed by atoms with Crippen molar-refractivity contribution >= 4 is 46.4 Å². The smallest absolute Gasteiger partial charge is 0.257 e. The van der Waals surface area contributed by atoms with Gasteiger partial charge in [-0.05, 0) is 30.3 Å². The highest BCUT2D eigenvalue weighted by Gasteiger charge is 2.12. The van der Waals surface area contributed by atoms with Crippen LogP contribution in [0.3, 0.4) is 0 Å². The third-order valence-electron chi connectivity index (χ3n) is 2.30. The lowest BCUT2D eigenvalue weighted by atomic mass is 10.2. The molecule has 2 nitrogen and oxygen atoms in total. The van der Waals surface area contributed by atoms with Gasteiger partial charge >= 0.3 is 0 Å². The predicted octanol–water partition coefficient (Wildman–Crippen LogP) is 4.90. The normalized spacial score (nSPS) is 10.2. The quantitative estimate of drug-likeness (QED) is 0.840. The van der Waals surface area contributed by atoms with Crippen LogP contribution in [0.25, 0.3) is 0 Å². The maximum Gasteiger partial charge on any atom is 0.257 e. The number of amides is 1. The topological polar surface area (TPSA) is 29.1 Å². The molecule has 0 fully saturated rings. The van der Waals surface area contributed by atoms with Crippen LogP contribution in [-0.4, -0.2) is 5.91 Å². The molecule has 0 bridgehead atoms. The summed E-state index contributed by atoms with van der Waals surface area (Å²) in [5.41, 5.74) is 0.837. The summed E-state index contributed by atoms with van der Waals surface area (Å²) in [4.78, 5) is 12.0. The standard InChI is InChI=1S/C13H8Cl3NO/c14-8-5-6-10(15)9(7-8)13(18)17-12-4-2-1-3-11(12)16/h1-7H,(H,17,18). The molecule has 92 valence electrons. The Kier molecular flexibility index (Phi) is 4.12. The molecule has 0 saturated carbocycles. The Bertz CT molecular complexity index is 599. The Hall–Kier alpha value is -1.22. The number of hydrogen-bond acceptors (Lipinski definition) is 1. The van der Waals surface area contributed by atoms with E-state index < -0.39 is 0 Å². The summed E-state index contributed by atoms with van der Waals surface area (Å²) in [6.45, 7) is 0. The molecular formula is C13H8Cl3NO. The number of carbonyl (C=O) groups excluding carboxylic acids is 1. The number of hydrogen-bond donors (Lipinski definition) is 1. The number of carbonyl (C=O) groups is 1. The van der Waals surface area contributed by atoms with Crippen molar-refractivity contribution in [2.24, 2.45) is 0 Å². The van der Waals surface area contributed by atoms with Crippen LogP contribution in [0.2, 0.25) is 15.1 Å². The summed E-state index contributed by atoms with van der Waals surface area (Å²) in [5.74, 6) is -0.351. The summed E-state index contributed by atoms with van der Waals surface area (Å²) in [6.07, 6.45) is 0. The van der Waals surface area contributed by atoms with Crippen LogP contribution in [0.15, 0.2) is 42.5 Å². The van der Waals surface area contributed by atoms with Crippen molar-refractivity contribution in [1.82, 2.24) is 0 Å². The van der Waals surface area contributed by atoms with Gasteiger partial charge in [-0.25, -0.2) is 0 Å². The summed E-state index contributed by atoms with van der Waals surface area (Å²) in [6, 6.07) is 11.7. The highest BCUT2D eigenvalue weighted by Crippen LogP contribution is 2.24. The van der Waals surface area contributed by atoms with E-state index in [0.717, 1.165) is 0 Å². The zero-order valence-electron chi connectivity index (χ0n) is 9.08. The van der Waals surface area contributed by atoms with Crippen LogP contribution < -0.4 is 5.32 Å². The Morgan fingerprint density at radius 1 is 0.944 bits per heavy atom. The van der Waals surface area contributed by atoms with Gasteiger partial charge in [-0.1, -0.05) is 46.9 Å². The molecule has 1 amide bonds. The maximum absolute atomic E-state index is 12.0. The van der Waals surface area contributed by atoms with E-state index in [0.29, 0.717) is 26.3 Å². The van der Waals surface area contributed by atoms with Crippen LogP contribution in [0.4, 0.5) is 5.69 Å². The highest BCUT2D eigenvalue weighted by atomic mass is 35.5. The lowest BCUT2D eigenvalue weighted by molar-refractivity contribution is 0.102. The second-order valence-corrected chi connectivity index (χ2v) is 4.81. The van der Waals surface area contributed by atoms with E-state index in [-0.39, 0.29) is 5.91 Å². The lowest BCUT2D eigenvalue weighted by Gasteiger charge is -2.08. The Morgan fingerprint density at radius 3 is 2.39 bits per heavy atom. The number of halogens is 3. The molecule has 0 heterocycles. The van der Waals surface area contributed by atoms with E-state index in [9.17, 15) is 4.79 Å². The molecule has 0 saturated heterocycles. The SMILES string of the molecule is O=C(Nc1ccccc1Cl)c1cc(Cl)ccc1Cl. The molecule has 0 aliphatic carbocycles. The summed E-state index contributed by atoms with van der Waals surface area (Å²) in [7, 11) is 0. The second kappa shape index (κ2) is 5.61. The van der Waals surface area contributed by atoms with Gasteiger partial charge in [0.15, 0.2) is 0 Å². The third-order valence-corrected chi connectivity index (χ3v) is 3.19. The van der Waals surface area contributed by atoms with Crippen LogP contribution in [0.5, 0.6) is 0 Å². The van der Waals surface area contributed by atoms with Crippen LogP contribution in [-0.2, 0) is 0 Å². The first-order chi connectivity index (χ1) is 8.58. The average molecular weight is 301 g/mol. The van der Waals surface area contributed by atoms with Gasteiger partial charge in [0, 0.05) is 5.02 Å². The minimum atomic E-state index is -0.351. The lowest BCUT2D eigenvalue weighted by Crippen LogP contribution is -2.12. The molecule has 0 radical (unpaired) electrons. The number of benzene rings is 2. The van der Waals surface area contributed by atoms with Gasteiger partial charge in [0.25, 0.3) is 5.91 Å². The predicted molar refractivity (Wildman–Crippen MR) is 75.9 cm³/mol. The van der Waals surface area contributed by atoms with E-state index in [4.69, 9.17) is 34.8 Å². The molecule has 1 N–H and O–H groups in total. The molecule has 2 aromatic rings. The molecule has 2 aromatic carbocycles. The maximum atomic E-state index is 12.0. The minimum absolute atomic E-state index is 0.309. The highest BCUT2D eigenvalue weighted by molar-refractivity contribution is 6.37. The molecule has 18 heavy (non-hydrogen) atoms. The van der Waals surface area contributed by atoms with Crippen molar-refractivity contribution < 1.29 is 4.79 Å². The summed E-state index contributed by atoms with van der Waals surface area (Å²) >= 11 is 17.7. The van der Waals surface area contributed by atoms with Gasteiger partial charge in [-0.15, -0.1) is 0 Å². The van der Waals surface area contributed by atoms with E-state index in [1.165, 1.54) is 6.07 Å². The molecular weight excluding hydrogens is 293 g/mol. The number of rotatable bonds is 2.